The van der Waals surface area contributed by atoms with Crippen molar-refractivity contribution < 1.29 is 9.53 Å². The Morgan fingerprint density at radius 3 is 2.75 bits per heavy atom. The largest absolute Gasteiger partial charge is 0.465 e. The molecule has 1 unspecified atom stereocenters. The van der Waals surface area contributed by atoms with Crippen molar-refractivity contribution in [2.75, 3.05) is 26.2 Å². The minimum Gasteiger partial charge on any atom is -0.465 e. The second-order valence-electron chi connectivity index (χ2n) is 5.02. The van der Waals surface area contributed by atoms with Crippen LogP contribution < -0.4 is 0 Å². The van der Waals surface area contributed by atoms with Gasteiger partial charge in [-0.15, -0.1) is 0 Å². The molecule has 1 aliphatic heterocycles. The van der Waals surface area contributed by atoms with Crippen LogP contribution in [0.4, 0.5) is 0 Å². The molecule has 1 heterocycles. The molecule has 0 spiro atoms. The van der Waals surface area contributed by atoms with Gasteiger partial charge >= 0.3 is 5.97 Å². The van der Waals surface area contributed by atoms with Gasteiger partial charge in [0, 0.05) is 0 Å². The molecule has 0 N–H and O–H groups in total. The van der Waals surface area contributed by atoms with Crippen LogP contribution in [-0.4, -0.2) is 37.1 Å². The molecular weight excluding hydrogens is 202 g/mol. The van der Waals surface area contributed by atoms with E-state index in [0.29, 0.717) is 13.2 Å². The van der Waals surface area contributed by atoms with E-state index in [-0.39, 0.29) is 5.97 Å². The first-order valence-corrected chi connectivity index (χ1v) is 6.51. The van der Waals surface area contributed by atoms with Gasteiger partial charge in [0.15, 0.2) is 0 Å². The Balaban J connectivity index is 2.32. The lowest BCUT2D eigenvalue weighted by atomic mass is 9.89. The number of rotatable bonds is 4. The van der Waals surface area contributed by atoms with Gasteiger partial charge in [-0.05, 0) is 51.1 Å². The fourth-order valence-electron chi connectivity index (χ4n) is 2.40. The van der Waals surface area contributed by atoms with Crippen LogP contribution in [0.15, 0.2) is 0 Å². The molecular formula is C13H25NO2. The zero-order chi connectivity index (χ0) is 12.0. The molecule has 16 heavy (non-hydrogen) atoms. The number of carbonyl (C=O) groups is 1. The number of ether oxygens (including phenoxy) is 1. The first-order valence-electron chi connectivity index (χ1n) is 6.51. The summed E-state index contributed by atoms with van der Waals surface area (Å²) in [5.41, 5.74) is 0. The van der Waals surface area contributed by atoms with Crippen molar-refractivity contribution in [1.29, 1.82) is 0 Å². The predicted molar refractivity (Wildman–Crippen MR) is 65.3 cm³/mol. The van der Waals surface area contributed by atoms with Crippen molar-refractivity contribution in [3.05, 3.63) is 0 Å². The first-order chi connectivity index (χ1) is 7.63. The van der Waals surface area contributed by atoms with E-state index >= 15 is 0 Å². The van der Waals surface area contributed by atoms with Crippen molar-refractivity contribution in [2.45, 2.75) is 40.0 Å². The van der Waals surface area contributed by atoms with Gasteiger partial charge in [-0.25, -0.2) is 0 Å². The van der Waals surface area contributed by atoms with Gasteiger partial charge in [-0.3, -0.25) is 9.69 Å². The van der Waals surface area contributed by atoms with E-state index in [1.807, 2.05) is 6.92 Å². The van der Waals surface area contributed by atoms with Crippen molar-refractivity contribution in [1.82, 2.24) is 4.90 Å². The number of hydrogen-bond donors (Lipinski definition) is 0. The van der Waals surface area contributed by atoms with Gasteiger partial charge in [0.1, 0.15) is 0 Å². The van der Waals surface area contributed by atoms with Gasteiger partial charge in [0.2, 0.25) is 0 Å². The molecule has 0 saturated carbocycles. The summed E-state index contributed by atoms with van der Waals surface area (Å²) >= 11 is 0. The summed E-state index contributed by atoms with van der Waals surface area (Å²) in [6.45, 7) is 9.50. The average Bonchev–Trinajstić information content (AvgIpc) is 2.43. The molecule has 3 heteroatoms. The van der Waals surface area contributed by atoms with E-state index in [1.165, 1.54) is 19.3 Å². The molecule has 94 valence electrons. The van der Waals surface area contributed by atoms with Crippen LogP contribution in [0.5, 0.6) is 0 Å². The minimum atomic E-state index is -0.0782. The molecule has 1 atom stereocenters. The highest BCUT2D eigenvalue weighted by Crippen LogP contribution is 2.24. The SMILES string of the molecule is CCOC(=O)CN1CCCC(C(C)C)CC1. The third-order valence-corrected chi connectivity index (χ3v) is 3.47. The molecule has 0 aromatic carbocycles. The Morgan fingerprint density at radius 1 is 1.38 bits per heavy atom. The summed E-state index contributed by atoms with van der Waals surface area (Å²) < 4.78 is 4.98. The monoisotopic (exact) mass is 227 g/mol. The minimum absolute atomic E-state index is 0.0782. The van der Waals surface area contributed by atoms with Crippen molar-refractivity contribution >= 4 is 5.97 Å². The number of esters is 1. The lowest BCUT2D eigenvalue weighted by Crippen LogP contribution is -2.32. The summed E-state index contributed by atoms with van der Waals surface area (Å²) in [7, 11) is 0. The summed E-state index contributed by atoms with van der Waals surface area (Å²) in [4.78, 5) is 13.6. The van der Waals surface area contributed by atoms with E-state index in [1.54, 1.807) is 0 Å². The van der Waals surface area contributed by atoms with E-state index < -0.39 is 0 Å². The average molecular weight is 227 g/mol. The normalized spacial score (nSPS) is 23.1. The van der Waals surface area contributed by atoms with Crippen LogP contribution in [0, 0.1) is 11.8 Å². The maximum atomic E-state index is 11.4. The molecule has 0 aromatic rings. The molecule has 1 rings (SSSR count). The number of nitrogens with zero attached hydrogens (tertiary/aromatic N) is 1. The van der Waals surface area contributed by atoms with Crippen molar-refractivity contribution in [3.63, 3.8) is 0 Å². The van der Waals surface area contributed by atoms with E-state index in [2.05, 4.69) is 18.7 Å². The topological polar surface area (TPSA) is 29.5 Å². The Hall–Kier alpha value is -0.570. The van der Waals surface area contributed by atoms with Crippen LogP contribution >= 0.6 is 0 Å². The quantitative estimate of drug-likeness (QED) is 0.690. The Morgan fingerprint density at radius 2 is 2.12 bits per heavy atom. The van der Waals surface area contributed by atoms with E-state index in [0.717, 1.165) is 24.9 Å². The first kappa shape index (κ1) is 13.5. The summed E-state index contributed by atoms with van der Waals surface area (Å²) in [6, 6.07) is 0. The fourth-order valence-corrected chi connectivity index (χ4v) is 2.40. The molecule has 0 bridgehead atoms. The molecule has 3 nitrogen and oxygen atoms in total. The zero-order valence-electron chi connectivity index (χ0n) is 10.9. The van der Waals surface area contributed by atoms with Gasteiger partial charge in [0.05, 0.1) is 13.2 Å². The smallest absolute Gasteiger partial charge is 0.320 e. The molecule has 0 amide bonds. The Bertz CT molecular complexity index is 216. The number of likely N-dealkylation sites (tertiary alicyclic amines) is 1. The molecule has 0 aliphatic carbocycles. The third-order valence-electron chi connectivity index (χ3n) is 3.47. The highest BCUT2D eigenvalue weighted by molar-refractivity contribution is 5.71. The highest BCUT2D eigenvalue weighted by Gasteiger charge is 2.20. The molecule has 1 aliphatic rings. The maximum Gasteiger partial charge on any atom is 0.320 e. The van der Waals surface area contributed by atoms with Gasteiger partial charge in [0.25, 0.3) is 0 Å². The molecule has 1 fully saturated rings. The zero-order valence-corrected chi connectivity index (χ0v) is 10.9. The highest BCUT2D eigenvalue weighted by atomic mass is 16.5. The lowest BCUT2D eigenvalue weighted by Gasteiger charge is -2.20. The summed E-state index contributed by atoms with van der Waals surface area (Å²) in [5, 5.41) is 0. The fraction of sp³-hybridized carbons (Fsp3) is 0.923. The van der Waals surface area contributed by atoms with Crippen LogP contribution in [0.1, 0.15) is 40.0 Å². The standard InChI is InChI=1S/C13H25NO2/c1-4-16-13(15)10-14-8-5-6-12(7-9-14)11(2)3/h11-12H,4-10H2,1-3H3. The second kappa shape index (κ2) is 6.89. The number of hydrogen-bond acceptors (Lipinski definition) is 3. The van der Waals surface area contributed by atoms with Crippen LogP contribution in [-0.2, 0) is 9.53 Å². The molecule has 1 saturated heterocycles. The van der Waals surface area contributed by atoms with Gasteiger partial charge in [-0.2, -0.15) is 0 Å². The van der Waals surface area contributed by atoms with Gasteiger partial charge < -0.3 is 4.74 Å². The lowest BCUT2D eigenvalue weighted by molar-refractivity contribution is -0.144. The Kier molecular flexibility index (Phi) is 5.81. The number of carbonyl (C=O) groups excluding carboxylic acids is 1. The van der Waals surface area contributed by atoms with Crippen molar-refractivity contribution in [2.24, 2.45) is 11.8 Å². The molecule has 0 radical (unpaired) electrons. The summed E-state index contributed by atoms with van der Waals surface area (Å²) in [5.74, 6) is 1.51. The van der Waals surface area contributed by atoms with Crippen LogP contribution in [0.25, 0.3) is 0 Å². The predicted octanol–water partition coefficient (Wildman–Crippen LogP) is 2.31. The van der Waals surface area contributed by atoms with Crippen LogP contribution in [0.3, 0.4) is 0 Å². The second-order valence-corrected chi connectivity index (χ2v) is 5.02. The molecule has 0 aromatic heterocycles. The van der Waals surface area contributed by atoms with Gasteiger partial charge in [-0.1, -0.05) is 13.8 Å². The van der Waals surface area contributed by atoms with E-state index in [9.17, 15) is 4.79 Å². The maximum absolute atomic E-state index is 11.4. The van der Waals surface area contributed by atoms with E-state index in [4.69, 9.17) is 4.74 Å². The Labute approximate surface area is 99.1 Å². The van der Waals surface area contributed by atoms with Crippen molar-refractivity contribution in [3.8, 4) is 0 Å². The summed E-state index contributed by atoms with van der Waals surface area (Å²) in [6.07, 6.45) is 3.73. The van der Waals surface area contributed by atoms with Crippen LogP contribution in [0.2, 0.25) is 0 Å². The third kappa shape index (κ3) is 4.52.